The summed E-state index contributed by atoms with van der Waals surface area (Å²) in [4.78, 5) is 0. The van der Waals surface area contributed by atoms with E-state index in [9.17, 15) is 8.42 Å². The molecule has 5 nitrogen and oxygen atoms in total. The smallest absolute Gasteiger partial charge is 0.211 e. The maximum Gasteiger partial charge on any atom is 0.211 e. The Labute approximate surface area is 168 Å². The quantitative estimate of drug-likeness (QED) is 0.626. The monoisotopic (exact) mass is 412 g/mol. The van der Waals surface area contributed by atoms with Gasteiger partial charge in [0.05, 0.1) is 5.75 Å². The molecule has 0 saturated carbocycles. The summed E-state index contributed by atoms with van der Waals surface area (Å²) in [5, 5.41) is 0. The Balaban J connectivity index is 0.00000364. The molecule has 2 aromatic rings. The average Bonchev–Trinajstić information content (AvgIpc) is 2.62. The molecule has 0 aliphatic carbocycles. The minimum atomic E-state index is -3.21. The molecular weight excluding hydrogens is 384 g/mol. The topological polar surface area (TPSA) is 81.4 Å². The van der Waals surface area contributed by atoms with Crippen molar-refractivity contribution < 1.29 is 13.2 Å². The molecule has 27 heavy (non-hydrogen) atoms. The van der Waals surface area contributed by atoms with Gasteiger partial charge in [0.1, 0.15) is 11.9 Å². The Hall–Kier alpha value is -1.60. The van der Waals surface area contributed by atoms with Gasteiger partial charge in [0.25, 0.3) is 0 Å². The minimum Gasteiger partial charge on any atom is -0.489 e. The van der Waals surface area contributed by atoms with Crippen molar-refractivity contribution in [2.45, 2.75) is 32.8 Å². The van der Waals surface area contributed by atoms with Crippen LogP contribution in [-0.4, -0.2) is 33.4 Å². The van der Waals surface area contributed by atoms with Crippen molar-refractivity contribution >= 4 is 22.4 Å². The normalized spacial score (nSPS) is 12.3. The molecule has 0 heterocycles. The lowest BCUT2D eigenvalue weighted by atomic mass is 10.0. The third-order valence-corrected chi connectivity index (χ3v) is 5.53. The Morgan fingerprint density at radius 2 is 1.59 bits per heavy atom. The van der Waals surface area contributed by atoms with Crippen LogP contribution in [0.1, 0.15) is 25.8 Å². The van der Waals surface area contributed by atoms with E-state index in [2.05, 4.69) is 29.0 Å². The van der Waals surface area contributed by atoms with Gasteiger partial charge < -0.3 is 10.5 Å². The first-order chi connectivity index (χ1) is 12.4. The molecule has 0 bridgehead atoms. The van der Waals surface area contributed by atoms with Crippen LogP contribution in [0, 0.1) is 0 Å². The van der Waals surface area contributed by atoms with Gasteiger partial charge in [-0.3, -0.25) is 0 Å². The largest absolute Gasteiger partial charge is 0.489 e. The van der Waals surface area contributed by atoms with Crippen molar-refractivity contribution in [1.82, 2.24) is 4.72 Å². The number of hydrogen-bond acceptors (Lipinski definition) is 4. The predicted molar refractivity (Wildman–Crippen MR) is 114 cm³/mol. The number of nitrogens with two attached hydrogens (primary N) is 1. The van der Waals surface area contributed by atoms with Gasteiger partial charge in [0, 0.05) is 6.54 Å². The van der Waals surface area contributed by atoms with Crippen molar-refractivity contribution in [3.8, 4) is 16.9 Å². The number of nitrogens with one attached hydrogen (secondary N) is 1. The molecular formula is C20H29ClN2O3S. The van der Waals surface area contributed by atoms with E-state index < -0.39 is 10.0 Å². The third kappa shape index (κ3) is 7.89. The van der Waals surface area contributed by atoms with Crippen LogP contribution in [0.25, 0.3) is 11.1 Å². The Morgan fingerprint density at radius 1 is 1.04 bits per heavy atom. The van der Waals surface area contributed by atoms with Gasteiger partial charge >= 0.3 is 0 Å². The molecule has 1 atom stereocenters. The van der Waals surface area contributed by atoms with E-state index in [1.54, 1.807) is 0 Å². The van der Waals surface area contributed by atoms with Gasteiger partial charge in [-0.05, 0) is 55.1 Å². The van der Waals surface area contributed by atoms with E-state index in [1.807, 2.05) is 38.1 Å². The number of ether oxygens (including phenoxy) is 1. The standard InChI is InChI=1S/C20H28N2O3S.ClH/c1-3-14-26(23,24)22-15-16(2)25-20-10-8-19(9-11-20)18-6-4-17(5-7-18)12-13-21;/h4-11,16,22H,3,12-15,21H2,1-2H3;1H. The van der Waals surface area contributed by atoms with Crippen molar-refractivity contribution in [1.29, 1.82) is 0 Å². The number of rotatable bonds is 10. The molecule has 2 rings (SSSR count). The summed E-state index contributed by atoms with van der Waals surface area (Å²) >= 11 is 0. The fraction of sp³-hybridized carbons (Fsp3) is 0.400. The maximum atomic E-state index is 11.7. The lowest BCUT2D eigenvalue weighted by Crippen LogP contribution is -2.34. The highest BCUT2D eigenvalue weighted by Crippen LogP contribution is 2.23. The van der Waals surface area contributed by atoms with E-state index in [-0.39, 0.29) is 30.8 Å². The first kappa shape index (κ1) is 23.4. The van der Waals surface area contributed by atoms with Gasteiger partial charge in [-0.25, -0.2) is 13.1 Å². The molecule has 0 amide bonds. The van der Waals surface area contributed by atoms with E-state index in [4.69, 9.17) is 10.5 Å². The summed E-state index contributed by atoms with van der Waals surface area (Å²) < 4.78 is 31.7. The van der Waals surface area contributed by atoms with Crippen LogP contribution in [0.3, 0.4) is 0 Å². The Morgan fingerprint density at radius 3 is 2.11 bits per heavy atom. The van der Waals surface area contributed by atoms with Crippen LogP contribution in [0.15, 0.2) is 48.5 Å². The molecule has 3 N–H and O–H groups in total. The van der Waals surface area contributed by atoms with Crippen LogP contribution in [0.2, 0.25) is 0 Å². The Kier molecular flexibility index (Phi) is 9.80. The van der Waals surface area contributed by atoms with E-state index in [0.717, 1.165) is 23.3 Å². The molecule has 0 spiro atoms. The minimum absolute atomic E-state index is 0. The highest BCUT2D eigenvalue weighted by Gasteiger charge is 2.11. The summed E-state index contributed by atoms with van der Waals surface area (Å²) in [5.74, 6) is 0.856. The zero-order valence-electron chi connectivity index (χ0n) is 15.9. The van der Waals surface area contributed by atoms with Gasteiger partial charge in [-0.1, -0.05) is 43.3 Å². The SMILES string of the molecule is CCCS(=O)(=O)NCC(C)Oc1ccc(-c2ccc(CCN)cc2)cc1.Cl. The number of hydrogen-bond donors (Lipinski definition) is 2. The molecule has 2 aromatic carbocycles. The van der Waals surface area contributed by atoms with Crippen molar-refractivity contribution in [2.24, 2.45) is 5.73 Å². The van der Waals surface area contributed by atoms with Gasteiger partial charge in [-0.15, -0.1) is 12.4 Å². The first-order valence-corrected chi connectivity index (χ1v) is 10.6. The van der Waals surface area contributed by atoms with Crippen molar-refractivity contribution in [3.05, 3.63) is 54.1 Å². The fourth-order valence-electron chi connectivity index (χ4n) is 2.62. The highest BCUT2D eigenvalue weighted by molar-refractivity contribution is 7.89. The average molecular weight is 413 g/mol. The molecule has 0 aliphatic heterocycles. The van der Waals surface area contributed by atoms with Crippen molar-refractivity contribution in [2.75, 3.05) is 18.8 Å². The lowest BCUT2D eigenvalue weighted by molar-refractivity contribution is 0.225. The fourth-order valence-corrected chi connectivity index (χ4v) is 3.79. The third-order valence-electron chi connectivity index (χ3n) is 3.98. The zero-order chi connectivity index (χ0) is 19.0. The second-order valence-electron chi connectivity index (χ2n) is 6.36. The molecule has 0 radical (unpaired) electrons. The highest BCUT2D eigenvalue weighted by atomic mass is 35.5. The van der Waals surface area contributed by atoms with Crippen LogP contribution < -0.4 is 15.2 Å². The molecule has 1 unspecified atom stereocenters. The van der Waals surface area contributed by atoms with Crippen LogP contribution in [0.4, 0.5) is 0 Å². The molecule has 7 heteroatoms. The van der Waals surface area contributed by atoms with Gasteiger partial charge in [0.15, 0.2) is 0 Å². The molecule has 150 valence electrons. The molecule has 0 fully saturated rings. The zero-order valence-corrected chi connectivity index (χ0v) is 17.5. The van der Waals surface area contributed by atoms with Crippen LogP contribution in [0.5, 0.6) is 5.75 Å². The Bertz CT molecular complexity index is 778. The molecule has 0 aromatic heterocycles. The summed E-state index contributed by atoms with van der Waals surface area (Å²) in [5.41, 5.74) is 9.05. The van der Waals surface area contributed by atoms with Crippen LogP contribution >= 0.6 is 12.4 Å². The second kappa shape index (κ2) is 11.3. The van der Waals surface area contributed by atoms with E-state index >= 15 is 0 Å². The van der Waals surface area contributed by atoms with E-state index in [0.29, 0.717) is 13.0 Å². The lowest BCUT2D eigenvalue weighted by Gasteiger charge is -2.16. The number of benzene rings is 2. The summed E-state index contributed by atoms with van der Waals surface area (Å²) in [6, 6.07) is 16.2. The number of halogens is 1. The van der Waals surface area contributed by atoms with Crippen LogP contribution in [-0.2, 0) is 16.4 Å². The predicted octanol–water partition coefficient (Wildman–Crippen LogP) is 3.37. The molecule has 0 saturated heterocycles. The van der Waals surface area contributed by atoms with Gasteiger partial charge in [0.2, 0.25) is 10.0 Å². The van der Waals surface area contributed by atoms with E-state index in [1.165, 1.54) is 5.56 Å². The van der Waals surface area contributed by atoms with Crippen molar-refractivity contribution in [3.63, 3.8) is 0 Å². The first-order valence-electron chi connectivity index (χ1n) is 8.97. The summed E-state index contributed by atoms with van der Waals surface area (Å²) in [6.45, 7) is 4.59. The second-order valence-corrected chi connectivity index (χ2v) is 8.28. The number of sulfonamides is 1. The maximum absolute atomic E-state index is 11.7. The summed E-state index contributed by atoms with van der Waals surface area (Å²) in [7, 11) is -3.21. The molecule has 0 aliphatic rings. The van der Waals surface area contributed by atoms with Gasteiger partial charge in [-0.2, -0.15) is 0 Å². The summed E-state index contributed by atoms with van der Waals surface area (Å²) in [6.07, 6.45) is 1.23.